The van der Waals surface area contributed by atoms with Crippen LogP contribution in [0, 0.1) is 6.92 Å². The predicted octanol–water partition coefficient (Wildman–Crippen LogP) is 1.34. The monoisotopic (exact) mass is 354 g/mol. The van der Waals surface area contributed by atoms with Crippen LogP contribution in [0.1, 0.15) is 11.4 Å². The average molecular weight is 354 g/mol. The van der Waals surface area contributed by atoms with E-state index in [2.05, 4.69) is 42.9 Å². The van der Waals surface area contributed by atoms with Gasteiger partial charge in [-0.25, -0.2) is 4.98 Å². The van der Waals surface area contributed by atoms with E-state index in [-0.39, 0.29) is 0 Å². The van der Waals surface area contributed by atoms with Crippen LogP contribution in [-0.4, -0.2) is 72.3 Å². The summed E-state index contributed by atoms with van der Waals surface area (Å²) < 4.78 is 5.44. The lowest BCUT2D eigenvalue weighted by Crippen LogP contribution is -2.46. The Morgan fingerprint density at radius 2 is 1.77 bits per heavy atom. The Morgan fingerprint density at radius 1 is 0.962 bits per heavy atom. The minimum Gasteiger partial charge on any atom is -0.378 e. The number of ether oxygens (including phenoxy) is 1. The molecule has 0 aliphatic carbocycles. The molecule has 2 aromatic heterocycles. The fraction of sp³-hybridized carbons (Fsp3) is 0.526. The third kappa shape index (κ3) is 4.11. The molecular weight excluding hydrogens is 328 g/mol. The molecule has 138 valence electrons. The van der Waals surface area contributed by atoms with Crippen molar-refractivity contribution in [3.63, 3.8) is 0 Å². The second kappa shape index (κ2) is 7.97. The van der Waals surface area contributed by atoms with Gasteiger partial charge in [0.15, 0.2) is 0 Å². The number of rotatable bonds is 4. The molecule has 0 bridgehead atoms. The van der Waals surface area contributed by atoms with Crippen molar-refractivity contribution < 1.29 is 4.74 Å². The molecule has 26 heavy (non-hydrogen) atoms. The van der Waals surface area contributed by atoms with Crippen LogP contribution in [0.2, 0.25) is 0 Å². The van der Waals surface area contributed by atoms with Gasteiger partial charge in [-0.15, -0.1) is 0 Å². The lowest BCUT2D eigenvalue weighted by molar-refractivity contribution is 0.122. The highest BCUT2D eigenvalue weighted by molar-refractivity contribution is 5.46. The molecule has 2 aliphatic heterocycles. The summed E-state index contributed by atoms with van der Waals surface area (Å²) in [7, 11) is 0. The molecule has 0 saturated carbocycles. The van der Waals surface area contributed by atoms with Gasteiger partial charge in [0.25, 0.3) is 0 Å². The van der Waals surface area contributed by atoms with Gasteiger partial charge in [-0.1, -0.05) is 6.07 Å². The van der Waals surface area contributed by atoms with Gasteiger partial charge in [0, 0.05) is 63.8 Å². The van der Waals surface area contributed by atoms with E-state index in [1.54, 1.807) is 0 Å². The number of morpholine rings is 1. The second-order valence-electron chi connectivity index (χ2n) is 6.85. The molecule has 2 saturated heterocycles. The van der Waals surface area contributed by atoms with Crippen molar-refractivity contribution >= 4 is 11.8 Å². The lowest BCUT2D eigenvalue weighted by atomic mass is 10.2. The summed E-state index contributed by atoms with van der Waals surface area (Å²) in [4.78, 5) is 21.0. The van der Waals surface area contributed by atoms with Crippen molar-refractivity contribution in [2.75, 3.05) is 62.3 Å². The molecule has 0 aromatic carbocycles. The normalized spacial score (nSPS) is 19.0. The van der Waals surface area contributed by atoms with Crippen molar-refractivity contribution in [1.29, 1.82) is 0 Å². The van der Waals surface area contributed by atoms with Crippen LogP contribution in [-0.2, 0) is 11.3 Å². The van der Waals surface area contributed by atoms with Crippen LogP contribution in [0.5, 0.6) is 0 Å². The minimum absolute atomic E-state index is 0.749. The van der Waals surface area contributed by atoms with Crippen molar-refractivity contribution in [2.45, 2.75) is 13.5 Å². The van der Waals surface area contributed by atoms with Crippen molar-refractivity contribution in [3.05, 3.63) is 41.9 Å². The topological polar surface area (TPSA) is 57.6 Å². The molecule has 0 atom stereocenters. The molecule has 0 N–H and O–H groups in total. The smallest absolute Gasteiger partial charge is 0.227 e. The summed E-state index contributed by atoms with van der Waals surface area (Å²) >= 11 is 0. The number of anilines is 2. The molecule has 4 heterocycles. The maximum atomic E-state index is 5.44. The summed E-state index contributed by atoms with van der Waals surface area (Å²) in [6.45, 7) is 10.2. The van der Waals surface area contributed by atoms with Crippen LogP contribution in [0.3, 0.4) is 0 Å². The first-order valence-corrected chi connectivity index (χ1v) is 9.33. The van der Waals surface area contributed by atoms with Gasteiger partial charge in [-0.3, -0.25) is 9.88 Å². The summed E-state index contributed by atoms with van der Waals surface area (Å²) in [6, 6.07) is 8.20. The number of hydrogen-bond donors (Lipinski definition) is 0. The van der Waals surface area contributed by atoms with Gasteiger partial charge in [0.1, 0.15) is 5.82 Å². The Bertz CT molecular complexity index is 711. The molecule has 7 heteroatoms. The standard InChI is InChI=1S/C19H26N6O/c1-16-14-18(22-19(21-16)25-10-12-26-13-11-25)24-8-6-23(7-9-24)15-17-4-2-3-5-20-17/h2-5,14H,6-13,15H2,1H3. The predicted molar refractivity (Wildman–Crippen MR) is 102 cm³/mol. The Balaban J connectivity index is 1.40. The fourth-order valence-corrected chi connectivity index (χ4v) is 3.46. The molecule has 2 aromatic rings. The zero-order chi connectivity index (χ0) is 17.8. The summed E-state index contributed by atoms with van der Waals surface area (Å²) in [5.41, 5.74) is 2.15. The van der Waals surface area contributed by atoms with Gasteiger partial charge in [0.05, 0.1) is 18.9 Å². The molecular formula is C19H26N6O. The van der Waals surface area contributed by atoms with E-state index in [4.69, 9.17) is 9.72 Å². The number of piperazine rings is 1. The Kier molecular flexibility index (Phi) is 5.26. The van der Waals surface area contributed by atoms with Crippen LogP contribution in [0.4, 0.5) is 11.8 Å². The first-order chi connectivity index (χ1) is 12.8. The third-order valence-corrected chi connectivity index (χ3v) is 4.93. The summed E-state index contributed by atoms with van der Waals surface area (Å²) in [5, 5.41) is 0. The summed E-state index contributed by atoms with van der Waals surface area (Å²) in [5.74, 6) is 1.87. The molecule has 2 aliphatic rings. The number of aryl methyl sites for hydroxylation is 1. The Morgan fingerprint density at radius 3 is 2.50 bits per heavy atom. The molecule has 0 unspecified atom stereocenters. The number of hydrogen-bond acceptors (Lipinski definition) is 7. The second-order valence-corrected chi connectivity index (χ2v) is 6.85. The first kappa shape index (κ1) is 17.2. The molecule has 4 rings (SSSR count). The summed E-state index contributed by atoms with van der Waals surface area (Å²) in [6.07, 6.45) is 1.86. The minimum atomic E-state index is 0.749. The Labute approximate surface area is 154 Å². The SMILES string of the molecule is Cc1cc(N2CCN(Cc3ccccn3)CC2)nc(N2CCOCC2)n1. The van der Waals surface area contributed by atoms with Crippen LogP contribution >= 0.6 is 0 Å². The van der Waals surface area contributed by atoms with E-state index in [1.807, 2.05) is 19.2 Å². The van der Waals surface area contributed by atoms with Crippen LogP contribution in [0.15, 0.2) is 30.5 Å². The van der Waals surface area contributed by atoms with E-state index in [0.717, 1.165) is 82.2 Å². The van der Waals surface area contributed by atoms with E-state index >= 15 is 0 Å². The van der Waals surface area contributed by atoms with Gasteiger partial charge < -0.3 is 14.5 Å². The maximum Gasteiger partial charge on any atom is 0.227 e. The molecule has 7 nitrogen and oxygen atoms in total. The number of aromatic nitrogens is 3. The largest absolute Gasteiger partial charge is 0.378 e. The van der Waals surface area contributed by atoms with E-state index < -0.39 is 0 Å². The van der Waals surface area contributed by atoms with Gasteiger partial charge in [-0.05, 0) is 19.1 Å². The van der Waals surface area contributed by atoms with Crippen molar-refractivity contribution in [1.82, 2.24) is 19.9 Å². The maximum absolute atomic E-state index is 5.44. The molecule has 0 radical (unpaired) electrons. The van der Waals surface area contributed by atoms with Crippen LogP contribution in [0.25, 0.3) is 0 Å². The van der Waals surface area contributed by atoms with E-state index in [9.17, 15) is 0 Å². The van der Waals surface area contributed by atoms with Gasteiger partial charge in [-0.2, -0.15) is 4.98 Å². The molecule has 0 amide bonds. The quantitative estimate of drug-likeness (QED) is 0.821. The zero-order valence-electron chi connectivity index (χ0n) is 15.3. The zero-order valence-corrected chi connectivity index (χ0v) is 15.3. The van der Waals surface area contributed by atoms with E-state index in [0.29, 0.717) is 0 Å². The highest BCUT2D eigenvalue weighted by atomic mass is 16.5. The lowest BCUT2D eigenvalue weighted by Gasteiger charge is -2.36. The van der Waals surface area contributed by atoms with Gasteiger partial charge in [0.2, 0.25) is 5.95 Å². The highest BCUT2D eigenvalue weighted by Gasteiger charge is 2.21. The molecule has 2 fully saturated rings. The van der Waals surface area contributed by atoms with Gasteiger partial charge >= 0.3 is 0 Å². The molecule has 0 spiro atoms. The first-order valence-electron chi connectivity index (χ1n) is 9.33. The third-order valence-electron chi connectivity index (χ3n) is 4.93. The van der Waals surface area contributed by atoms with Crippen molar-refractivity contribution in [3.8, 4) is 0 Å². The highest BCUT2D eigenvalue weighted by Crippen LogP contribution is 2.20. The number of pyridine rings is 1. The van der Waals surface area contributed by atoms with Crippen LogP contribution < -0.4 is 9.80 Å². The van der Waals surface area contributed by atoms with E-state index in [1.165, 1.54) is 0 Å². The fourth-order valence-electron chi connectivity index (χ4n) is 3.46. The average Bonchev–Trinajstić information content (AvgIpc) is 2.70. The number of nitrogens with zero attached hydrogens (tertiary/aromatic N) is 6. The van der Waals surface area contributed by atoms with Crippen molar-refractivity contribution in [2.24, 2.45) is 0 Å². The Hall–Kier alpha value is -2.25.